The van der Waals surface area contributed by atoms with E-state index in [2.05, 4.69) is 10.6 Å². The minimum Gasteiger partial charge on any atom is -0.326 e. The van der Waals surface area contributed by atoms with Crippen LogP contribution in [0.2, 0.25) is 5.02 Å². The lowest BCUT2D eigenvalue weighted by Gasteiger charge is -2.08. The zero-order valence-electron chi connectivity index (χ0n) is 11.2. The average Bonchev–Trinajstić information content (AvgIpc) is 2.80. The van der Waals surface area contributed by atoms with Crippen LogP contribution >= 0.6 is 11.6 Å². The van der Waals surface area contributed by atoms with E-state index < -0.39 is 0 Å². The van der Waals surface area contributed by atoms with Crippen LogP contribution in [0.15, 0.2) is 42.5 Å². The third kappa shape index (κ3) is 3.06. The first-order valence-corrected chi connectivity index (χ1v) is 6.95. The second-order valence-corrected chi connectivity index (χ2v) is 5.33. The standard InChI is InChI=1S/C16H13ClN2O2/c17-12-3-1-2-4-14(12)19-15(20)8-10-5-6-13-11(7-10)9-16(21)18-13/h1-7H,8-9H2,(H,18,21)(H,19,20). The molecule has 106 valence electrons. The Morgan fingerprint density at radius 1 is 1.24 bits per heavy atom. The van der Waals surface area contributed by atoms with E-state index >= 15 is 0 Å². The van der Waals surface area contributed by atoms with Crippen molar-refractivity contribution in [3.8, 4) is 0 Å². The summed E-state index contributed by atoms with van der Waals surface area (Å²) in [5.41, 5.74) is 3.23. The minimum atomic E-state index is -0.139. The first-order chi connectivity index (χ1) is 10.1. The summed E-state index contributed by atoms with van der Waals surface area (Å²) < 4.78 is 0. The maximum Gasteiger partial charge on any atom is 0.228 e. The van der Waals surface area contributed by atoms with Gasteiger partial charge >= 0.3 is 0 Å². The summed E-state index contributed by atoms with van der Waals surface area (Å²) in [5.74, 6) is -0.150. The molecule has 21 heavy (non-hydrogen) atoms. The number of rotatable bonds is 3. The summed E-state index contributed by atoms with van der Waals surface area (Å²) in [6.07, 6.45) is 0.613. The molecule has 2 aromatic carbocycles. The molecule has 0 radical (unpaired) electrons. The van der Waals surface area contributed by atoms with Crippen molar-refractivity contribution in [2.24, 2.45) is 0 Å². The van der Waals surface area contributed by atoms with Crippen LogP contribution < -0.4 is 10.6 Å². The summed E-state index contributed by atoms with van der Waals surface area (Å²) in [6.45, 7) is 0. The Bertz CT molecular complexity index is 728. The molecule has 0 aliphatic carbocycles. The summed E-state index contributed by atoms with van der Waals surface area (Å²) >= 11 is 6.00. The predicted molar refractivity (Wildman–Crippen MR) is 82.6 cm³/mol. The molecule has 1 aliphatic rings. The van der Waals surface area contributed by atoms with Crippen molar-refractivity contribution in [3.05, 3.63) is 58.6 Å². The molecule has 1 heterocycles. The van der Waals surface area contributed by atoms with Crippen LogP contribution in [0.5, 0.6) is 0 Å². The molecule has 0 saturated heterocycles. The van der Waals surface area contributed by atoms with E-state index in [1.807, 2.05) is 30.3 Å². The third-order valence-electron chi connectivity index (χ3n) is 3.31. The fourth-order valence-corrected chi connectivity index (χ4v) is 2.52. The second kappa shape index (κ2) is 5.58. The molecule has 0 saturated carbocycles. The van der Waals surface area contributed by atoms with Crippen LogP contribution in [-0.4, -0.2) is 11.8 Å². The van der Waals surface area contributed by atoms with Gasteiger partial charge in [0.15, 0.2) is 0 Å². The molecule has 4 nitrogen and oxygen atoms in total. The van der Waals surface area contributed by atoms with Crippen molar-refractivity contribution < 1.29 is 9.59 Å². The first kappa shape index (κ1) is 13.6. The molecule has 0 bridgehead atoms. The summed E-state index contributed by atoms with van der Waals surface area (Å²) in [4.78, 5) is 23.4. The van der Waals surface area contributed by atoms with Crippen molar-refractivity contribution in [2.45, 2.75) is 12.8 Å². The van der Waals surface area contributed by atoms with Crippen LogP contribution in [0.25, 0.3) is 0 Å². The van der Waals surface area contributed by atoms with Gasteiger partial charge in [0.1, 0.15) is 0 Å². The molecular formula is C16H13ClN2O2. The van der Waals surface area contributed by atoms with Crippen LogP contribution in [0.3, 0.4) is 0 Å². The topological polar surface area (TPSA) is 58.2 Å². The molecule has 0 spiro atoms. The van der Waals surface area contributed by atoms with Gasteiger partial charge in [-0.25, -0.2) is 0 Å². The number of amides is 2. The lowest BCUT2D eigenvalue weighted by molar-refractivity contribution is -0.116. The van der Waals surface area contributed by atoms with Gasteiger partial charge in [0.05, 0.1) is 23.6 Å². The van der Waals surface area contributed by atoms with Crippen LogP contribution in [0.4, 0.5) is 11.4 Å². The largest absolute Gasteiger partial charge is 0.326 e. The van der Waals surface area contributed by atoms with E-state index in [1.54, 1.807) is 12.1 Å². The highest BCUT2D eigenvalue weighted by Gasteiger charge is 2.18. The lowest BCUT2D eigenvalue weighted by Crippen LogP contribution is -2.14. The molecule has 0 aromatic heterocycles. The van der Waals surface area contributed by atoms with Gasteiger partial charge in [-0.1, -0.05) is 35.9 Å². The van der Waals surface area contributed by atoms with Gasteiger partial charge in [-0.2, -0.15) is 0 Å². The van der Waals surface area contributed by atoms with Gasteiger partial charge in [0.25, 0.3) is 0 Å². The number of hydrogen-bond donors (Lipinski definition) is 2. The molecule has 2 aromatic rings. The number of carbonyl (C=O) groups excluding carboxylic acids is 2. The summed E-state index contributed by atoms with van der Waals surface area (Å²) in [7, 11) is 0. The monoisotopic (exact) mass is 300 g/mol. The number of benzene rings is 2. The Morgan fingerprint density at radius 2 is 2.05 bits per heavy atom. The summed E-state index contributed by atoms with van der Waals surface area (Å²) in [5, 5.41) is 6.06. The van der Waals surface area contributed by atoms with Gasteiger partial charge in [0.2, 0.25) is 11.8 Å². The molecule has 2 amide bonds. The van der Waals surface area contributed by atoms with E-state index in [0.717, 1.165) is 16.8 Å². The quantitative estimate of drug-likeness (QED) is 0.915. The predicted octanol–water partition coefficient (Wildman–Crippen LogP) is 3.02. The first-order valence-electron chi connectivity index (χ1n) is 6.58. The Kier molecular flexibility index (Phi) is 3.62. The van der Waals surface area contributed by atoms with Gasteiger partial charge < -0.3 is 10.6 Å². The van der Waals surface area contributed by atoms with Crippen LogP contribution in [-0.2, 0) is 22.4 Å². The van der Waals surface area contributed by atoms with Gasteiger partial charge in [-0.05, 0) is 29.3 Å². The Morgan fingerprint density at radius 3 is 2.86 bits per heavy atom. The highest BCUT2D eigenvalue weighted by molar-refractivity contribution is 6.33. The van der Waals surface area contributed by atoms with Gasteiger partial charge in [-0.15, -0.1) is 0 Å². The minimum absolute atomic E-state index is 0.0114. The number of para-hydroxylation sites is 1. The van der Waals surface area contributed by atoms with Gasteiger partial charge in [-0.3, -0.25) is 9.59 Å². The molecule has 2 N–H and O–H groups in total. The van der Waals surface area contributed by atoms with E-state index in [1.165, 1.54) is 0 Å². The smallest absolute Gasteiger partial charge is 0.228 e. The molecule has 1 aliphatic heterocycles. The molecule has 5 heteroatoms. The van der Waals surface area contributed by atoms with Crippen LogP contribution in [0.1, 0.15) is 11.1 Å². The van der Waals surface area contributed by atoms with Crippen LogP contribution in [0, 0.1) is 0 Å². The van der Waals surface area contributed by atoms with Crippen molar-refractivity contribution >= 4 is 34.8 Å². The highest BCUT2D eigenvalue weighted by atomic mass is 35.5. The Balaban J connectivity index is 1.70. The molecule has 3 rings (SSSR count). The van der Waals surface area contributed by atoms with E-state index in [9.17, 15) is 9.59 Å². The van der Waals surface area contributed by atoms with Crippen molar-refractivity contribution in [1.29, 1.82) is 0 Å². The maximum absolute atomic E-state index is 12.0. The molecular weight excluding hydrogens is 288 g/mol. The molecule has 0 unspecified atom stereocenters. The number of fused-ring (bicyclic) bond motifs is 1. The Labute approximate surface area is 127 Å². The Hall–Kier alpha value is -2.33. The SMILES string of the molecule is O=C(Cc1ccc2c(c1)CC(=O)N2)Nc1ccccc1Cl. The number of nitrogens with one attached hydrogen (secondary N) is 2. The number of hydrogen-bond acceptors (Lipinski definition) is 2. The molecule has 0 atom stereocenters. The van der Waals surface area contributed by atoms with Crippen molar-refractivity contribution in [1.82, 2.24) is 0 Å². The number of carbonyl (C=O) groups is 2. The number of halogens is 1. The third-order valence-corrected chi connectivity index (χ3v) is 3.64. The zero-order chi connectivity index (χ0) is 14.8. The fourth-order valence-electron chi connectivity index (χ4n) is 2.33. The van der Waals surface area contributed by atoms with Gasteiger partial charge in [0, 0.05) is 5.69 Å². The van der Waals surface area contributed by atoms with E-state index in [4.69, 9.17) is 11.6 Å². The van der Waals surface area contributed by atoms with E-state index in [0.29, 0.717) is 17.1 Å². The van der Waals surface area contributed by atoms with E-state index in [-0.39, 0.29) is 18.2 Å². The molecule has 0 fully saturated rings. The van der Waals surface area contributed by atoms with Crippen molar-refractivity contribution in [2.75, 3.05) is 10.6 Å². The zero-order valence-corrected chi connectivity index (χ0v) is 11.9. The average molecular weight is 301 g/mol. The number of anilines is 2. The second-order valence-electron chi connectivity index (χ2n) is 4.92. The maximum atomic E-state index is 12.0. The van der Waals surface area contributed by atoms with Crippen molar-refractivity contribution in [3.63, 3.8) is 0 Å². The fraction of sp³-hybridized carbons (Fsp3) is 0.125. The summed E-state index contributed by atoms with van der Waals surface area (Å²) in [6, 6.07) is 12.7. The normalized spacial score (nSPS) is 12.7. The highest BCUT2D eigenvalue weighted by Crippen LogP contribution is 2.24. The lowest BCUT2D eigenvalue weighted by atomic mass is 10.1.